The summed E-state index contributed by atoms with van der Waals surface area (Å²) in [5, 5.41) is 23.5. The number of nitriles is 1. The molecule has 1 amide bonds. The van der Waals surface area contributed by atoms with Gasteiger partial charge in [-0.1, -0.05) is 42.5 Å². The lowest BCUT2D eigenvalue weighted by atomic mass is 10.0. The van der Waals surface area contributed by atoms with Crippen LogP contribution in [0.1, 0.15) is 22.8 Å². The van der Waals surface area contributed by atoms with Crippen molar-refractivity contribution in [2.24, 2.45) is 0 Å². The largest absolute Gasteiger partial charge is 0.508 e. The maximum atomic E-state index is 12.7. The van der Waals surface area contributed by atoms with E-state index in [0.29, 0.717) is 16.1 Å². The number of nitrogens with zero attached hydrogens (tertiary/aromatic N) is 1. The molecule has 7 heteroatoms. The first-order chi connectivity index (χ1) is 14.5. The normalized spacial score (nSPS) is 10.9. The molecule has 30 heavy (non-hydrogen) atoms. The Balaban J connectivity index is 1.94. The zero-order chi connectivity index (χ0) is 21.5. The van der Waals surface area contributed by atoms with Crippen LogP contribution in [0, 0.1) is 11.3 Å². The number of anilines is 1. The molecule has 3 rings (SSSR count). The smallest absolute Gasteiger partial charge is 0.341 e. The first kappa shape index (κ1) is 20.8. The van der Waals surface area contributed by atoms with Crippen LogP contribution < -0.4 is 5.32 Å². The van der Waals surface area contributed by atoms with E-state index in [1.54, 1.807) is 24.4 Å². The Labute approximate surface area is 177 Å². The van der Waals surface area contributed by atoms with Crippen LogP contribution >= 0.6 is 11.3 Å². The maximum absolute atomic E-state index is 12.7. The minimum Gasteiger partial charge on any atom is -0.508 e. The summed E-state index contributed by atoms with van der Waals surface area (Å²) in [4.78, 5) is 25.3. The Morgan fingerprint density at radius 2 is 1.87 bits per heavy atom. The quantitative estimate of drug-likeness (QED) is 0.339. The molecule has 1 aromatic heterocycles. The summed E-state index contributed by atoms with van der Waals surface area (Å²) < 4.78 is 5.18. The van der Waals surface area contributed by atoms with Crippen LogP contribution in [0.15, 0.2) is 65.6 Å². The van der Waals surface area contributed by atoms with Crippen LogP contribution in [0.25, 0.3) is 17.2 Å². The number of carbonyl (C=O) groups excluding carboxylic acids is 2. The van der Waals surface area contributed by atoms with Gasteiger partial charge in [0.2, 0.25) is 0 Å². The molecule has 0 aliphatic carbocycles. The summed E-state index contributed by atoms with van der Waals surface area (Å²) in [5.41, 5.74) is 2.17. The second-order valence-electron chi connectivity index (χ2n) is 6.16. The third kappa shape index (κ3) is 4.74. The van der Waals surface area contributed by atoms with Gasteiger partial charge < -0.3 is 15.2 Å². The molecule has 6 nitrogen and oxygen atoms in total. The molecular formula is C23H18N2O4S. The van der Waals surface area contributed by atoms with Crippen molar-refractivity contribution in [3.8, 4) is 22.9 Å². The number of esters is 1. The van der Waals surface area contributed by atoms with Crippen LogP contribution in [0.2, 0.25) is 0 Å². The van der Waals surface area contributed by atoms with Crippen molar-refractivity contribution in [2.75, 3.05) is 11.9 Å². The van der Waals surface area contributed by atoms with Crippen molar-refractivity contribution < 1.29 is 19.4 Å². The highest BCUT2D eigenvalue weighted by atomic mass is 32.1. The van der Waals surface area contributed by atoms with Gasteiger partial charge in [0, 0.05) is 10.9 Å². The van der Waals surface area contributed by atoms with Crippen LogP contribution in [0.4, 0.5) is 5.00 Å². The van der Waals surface area contributed by atoms with E-state index in [4.69, 9.17) is 4.74 Å². The average molecular weight is 418 g/mol. The second-order valence-corrected chi connectivity index (χ2v) is 7.04. The van der Waals surface area contributed by atoms with Crippen molar-refractivity contribution in [3.05, 3.63) is 76.7 Å². The van der Waals surface area contributed by atoms with E-state index in [2.05, 4.69) is 5.32 Å². The number of amides is 1. The number of nitrogens with one attached hydrogen (secondary N) is 1. The van der Waals surface area contributed by atoms with E-state index in [-0.39, 0.29) is 23.5 Å². The molecule has 3 aromatic rings. The lowest BCUT2D eigenvalue weighted by Gasteiger charge is -2.08. The highest BCUT2D eigenvalue weighted by molar-refractivity contribution is 7.15. The number of ether oxygens (including phenoxy) is 1. The highest BCUT2D eigenvalue weighted by Gasteiger charge is 2.23. The monoisotopic (exact) mass is 418 g/mol. The van der Waals surface area contributed by atoms with Crippen molar-refractivity contribution in [1.82, 2.24) is 0 Å². The number of hydrogen-bond acceptors (Lipinski definition) is 6. The van der Waals surface area contributed by atoms with Gasteiger partial charge in [-0.25, -0.2) is 4.79 Å². The van der Waals surface area contributed by atoms with Gasteiger partial charge >= 0.3 is 5.97 Å². The maximum Gasteiger partial charge on any atom is 0.341 e. The molecule has 2 N–H and O–H groups in total. The van der Waals surface area contributed by atoms with E-state index in [1.165, 1.54) is 29.5 Å². The van der Waals surface area contributed by atoms with Gasteiger partial charge in [0.1, 0.15) is 28.0 Å². The molecule has 0 bridgehead atoms. The SMILES string of the molecule is CCOC(=O)c1c(-c2ccccc2)csc1NC(=O)C(C#N)=Cc1ccc(O)cc1. The number of hydrogen-bond donors (Lipinski definition) is 2. The molecule has 0 spiro atoms. The number of phenols is 1. The van der Waals surface area contributed by atoms with Crippen molar-refractivity contribution in [1.29, 1.82) is 5.26 Å². The number of phenolic OH excluding ortho intramolecular Hbond substituents is 1. The molecule has 0 radical (unpaired) electrons. The molecule has 0 fully saturated rings. The predicted molar refractivity (Wildman–Crippen MR) is 116 cm³/mol. The molecule has 0 saturated heterocycles. The summed E-state index contributed by atoms with van der Waals surface area (Å²) >= 11 is 1.19. The third-order valence-electron chi connectivity index (χ3n) is 4.15. The van der Waals surface area contributed by atoms with E-state index in [0.717, 1.165) is 5.56 Å². The van der Waals surface area contributed by atoms with Gasteiger partial charge in [0.15, 0.2) is 0 Å². The van der Waals surface area contributed by atoms with Crippen LogP contribution in [-0.2, 0) is 9.53 Å². The number of rotatable bonds is 6. The summed E-state index contributed by atoms with van der Waals surface area (Å²) in [6.07, 6.45) is 1.41. The van der Waals surface area contributed by atoms with Crippen molar-refractivity contribution >= 4 is 34.3 Å². The van der Waals surface area contributed by atoms with Crippen molar-refractivity contribution in [2.45, 2.75) is 6.92 Å². The van der Waals surface area contributed by atoms with Crippen molar-refractivity contribution in [3.63, 3.8) is 0 Å². The summed E-state index contributed by atoms with van der Waals surface area (Å²) in [6.45, 7) is 1.90. The Hall–Kier alpha value is -3.89. The Kier molecular flexibility index (Phi) is 6.63. The highest BCUT2D eigenvalue weighted by Crippen LogP contribution is 2.36. The molecule has 2 aromatic carbocycles. The topological polar surface area (TPSA) is 99.4 Å². The Morgan fingerprint density at radius 3 is 2.50 bits per heavy atom. The van der Waals surface area contributed by atoms with E-state index in [1.807, 2.05) is 36.4 Å². The fraction of sp³-hybridized carbons (Fsp3) is 0.0870. The summed E-state index contributed by atoms with van der Waals surface area (Å²) in [7, 11) is 0. The fourth-order valence-electron chi connectivity index (χ4n) is 2.74. The van der Waals surface area contributed by atoms with Gasteiger partial charge in [-0.2, -0.15) is 5.26 Å². The first-order valence-electron chi connectivity index (χ1n) is 9.09. The molecular weight excluding hydrogens is 400 g/mol. The molecule has 0 unspecified atom stereocenters. The predicted octanol–water partition coefficient (Wildman–Crippen LogP) is 4.84. The lowest BCUT2D eigenvalue weighted by Crippen LogP contribution is -2.16. The minimum atomic E-state index is -0.641. The second kappa shape index (κ2) is 9.54. The van der Waals surface area contributed by atoms with Gasteiger partial charge in [-0.15, -0.1) is 11.3 Å². The Morgan fingerprint density at radius 1 is 1.17 bits per heavy atom. The molecule has 0 aliphatic rings. The Bertz CT molecular complexity index is 1130. The lowest BCUT2D eigenvalue weighted by molar-refractivity contribution is -0.112. The number of aromatic hydroxyl groups is 1. The first-order valence-corrected chi connectivity index (χ1v) is 9.97. The average Bonchev–Trinajstić information content (AvgIpc) is 3.17. The number of carbonyl (C=O) groups is 2. The van der Waals surface area contributed by atoms with Crippen LogP contribution in [-0.4, -0.2) is 23.6 Å². The number of benzene rings is 2. The molecule has 1 heterocycles. The van der Waals surface area contributed by atoms with Crippen LogP contribution in [0.3, 0.4) is 0 Å². The van der Waals surface area contributed by atoms with Gasteiger partial charge in [0.25, 0.3) is 5.91 Å². The van der Waals surface area contributed by atoms with Gasteiger partial charge in [0.05, 0.1) is 6.61 Å². The standard InChI is InChI=1S/C23H18N2O4S/c1-2-29-23(28)20-19(16-6-4-3-5-7-16)14-30-22(20)25-21(27)17(13-24)12-15-8-10-18(26)11-9-15/h3-12,14,26H,2H2,1H3,(H,25,27). The van der Waals surface area contributed by atoms with E-state index < -0.39 is 11.9 Å². The van der Waals surface area contributed by atoms with E-state index in [9.17, 15) is 20.0 Å². The third-order valence-corrected chi connectivity index (χ3v) is 5.05. The van der Waals surface area contributed by atoms with E-state index >= 15 is 0 Å². The summed E-state index contributed by atoms with van der Waals surface area (Å²) in [6, 6.07) is 17.3. The molecule has 150 valence electrons. The zero-order valence-corrected chi connectivity index (χ0v) is 16.9. The zero-order valence-electron chi connectivity index (χ0n) is 16.1. The number of thiophene rings is 1. The fourth-order valence-corrected chi connectivity index (χ4v) is 3.69. The molecule has 0 saturated carbocycles. The molecule has 0 atom stereocenters. The van der Waals surface area contributed by atoms with Gasteiger partial charge in [-0.05, 0) is 36.3 Å². The van der Waals surface area contributed by atoms with Gasteiger partial charge in [-0.3, -0.25) is 4.79 Å². The molecule has 0 aliphatic heterocycles. The van der Waals surface area contributed by atoms with Crippen LogP contribution in [0.5, 0.6) is 5.75 Å². The minimum absolute atomic E-state index is 0.0845. The summed E-state index contributed by atoms with van der Waals surface area (Å²) in [5.74, 6) is -1.10.